The Morgan fingerprint density at radius 2 is 1.83 bits per heavy atom. The zero-order valence-corrected chi connectivity index (χ0v) is 22.2. The van der Waals surface area contributed by atoms with Crippen LogP contribution in [0.1, 0.15) is 26.0 Å². The van der Waals surface area contributed by atoms with E-state index in [9.17, 15) is 4.79 Å². The fourth-order valence-electron chi connectivity index (χ4n) is 1.39. The SMILES string of the molecule is CC.COC(=O)CCN.Cc1ncsc1-c1ccccc1.[CH3-].[Cs+]. The van der Waals surface area contributed by atoms with E-state index in [1.807, 2.05) is 32.3 Å². The van der Waals surface area contributed by atoms with E-state index in [0.29, 0.717) is 13.0 Å². The number of nitrogens with two attached hydrogens (primary N) is 1. The number of rotatable bonds is 3. The molecule has 0 amide bonds. The zero-order chi connectivity index (χ0) is 16.1. The Morgan fingerprint density at radius 1 is 1.26 bits per heavy atom. The van der Waals surface area contributed by atoms with E-state index in [2.05, 4.69) is 34.0 Å². The fraction of sp³-hybridized carbons (Fsp3) is 0.353. The van der Waals surface area contributed by atoms with Crippen LogP contribution in [0.5, 0.6) is 0 Å². The maximum Gasteiger partial charge on any atom is 1.00 e. The minimum atomic E-state index is -0.248. The molecular formula is C17H27CsN2O2S. The summed E-state index contributed by atoms with van der Waals surface area (Å²) in [6, 6.07) is 10.4. The molecule has 0 fully saturated rings. The van der Waals surface area contributed by atoms with Crippen LogP contribution in [-0.4, -0.2) is 24.6 Å². The van der Waals surface area contributed by atoms with Crippen molar-refractivity contribution in [2.75, 3.05) is 13.7 Å². The van der Waals surface area contributed by atoms with Gasteiger partial charge in [0.2, 0.25) is 0 Å². The van der Waals surface area contributed by atoms with Gasteiger partial charge in [0.1, 0.15) is 0 Å². The van der Waals surface area contributed by atoms with Gasteiger partial charge in [0.25, 0.3) is 0 Å². The van der Waals surface area contributed by atoms with Gasteiger partial charge in [-0.1, -0.05) is 44.2 Å². The van der Waals surface area contributed by atoms with Crippen molar-refractivity contribution in [2.45, 2.75) is 27.2 Å². The third kappa shape index (κ3) is 12.4. The van der Waals surface area contributed by atoms with E-state index in [4.69, 9.17) is 5.73 Å². The van der Waals surface area contributed by atoms with Crippen molar-refractivity contribution in [3.8, 4) is 10.4 Å². The van der Waals surface area contributed by atoms with E-state index in [1.165, 1.54) is 17.6 Å². The summed E-state index contributed by atoms with van der Waals surface area (Å²) in [5.74, 6) is -0.248. The molecule has 0 atom stereocenters. The number of methoxy groups -OCH3 is 1. The summed E-state index contributed by atoms with van der Waals surface area (Å²) in [6.45, 7) is 6.41. The number of benzene rings is 1. The van der Waals surface area contributed by atoms with Gasteiger partial charge in [-0.05, 0) is 12.5 Å². The maximum atomic E-state index is 10.1. The van der Waals surface area contributed by atoms with Gasteiger partial charge in [-0.2, -0.15) is 0 Å². The summed E-state index contributed by atoms with van der Waals surface area (Å²) in [7, 11) is 1.35. The number of aromatic nitrogens is 1. The number of thiazole rings is 1. The van der Waals surface area contributed by atoms with Crippen LogP contribution < -0.4 is 74.6 Å². The quantitative estimate of drug-likeness (QED) is 0.555. The van der Waals surface area contributed by atoms with Gasteiger partial charge in [-0.25, -0.2) is 4.98 Å². The van der Waals surface area contributed by atoms with Crippen molar-refractivity contribution < 1.29 is 78.4 Å². The molecule has 0 radical (unpaired) electrons. The topological polar surface area (TPSA) is 65.2 Å². The Balaban J connectivity index is -0.000000321. The number of ether oxygens (including phenoxy) is 1. The van der Waals surface area contributed by atoms with Crippen LogP contribution in [0, 0.1) is 14.4 Å². The molecule has 2 rings (SSSR count). The molecule has 23 heavy (non-hydrogen) atoms. The van der Waals surface area contributed by atoms with Crippen LogP contribution in [0.3, 0.4) is 0 Å². The number of hydrogen-bond donors (Lipinski definition) is 1. The zero-order valence-electron chi connectivity index (χ0n) is 15.1. The Kier molecular flexibility index (Phi) is 22.8. The molecule has 0 saturated heterocycles. The number of esters is 1. The van der Waals surface area contributed by atoms with Gasteiger partial charge in [0, 0.05) is 6.54 Å². The van der Waals surface area contributed by atoms with Gasteiger partial charge in [0.15, 0.2) is 0 Å². The summed E-state index contributed by atoms with van der Waals surface area (Å²) >= 11 is 1.69. The number of carbonyl (C=O) groups is 1. The van der Waals surface area contributed by atoms with Crippen LogP contribution in [0.25, 0.3) is 10.4 Å². The average molecular weight is 456 g/mol. The summed E-state index contributed by atoms with van der Waals surface area (Å²) in [5, 5.41) is 0. The van der Waals surface area contributed by atoms with Crippen molar-refractivity contribution in [3.63, 3.8) is 0 Å². The molecule has 2 N–H and O–H groups in total. The molecule has 0 aliphatic rings. The predicted octanol–water partition coefficient (Wildman–Crippen LogP) is 1.11. The molecular weight excluding hydrogens is 429 g/mol. The van der Waals surface area contributed by atoms with E-state index >= 15 is 0 Å². The molecule has 124 valence electrons. The fourth-order valence-corrected chi connectivity index (χ4v) is 2.20. The van der Waals surface area contributed by atoms with Gasteiger partial charge in [0.05, 0.1) is 29.6 Å². The second kappa shape index (κ2) is 18.7. The largest absolute Gasteiger partial charge is 1.00 e. The molecule has 0 spiro atoms. The number of carbonyl (C=O) groups excluding carboxylic acids is 1. The van der Waals surface area contributed by atoms with Crippen LogP contribution in [0.15, 0.2) is 35.8 Å². The normalized spacial score (nSPS) is 8.04. The molecule has 6 heteroatoms. The van der Waals surface area contributed by atoms with E-state index in [1.54, 1.807) is 11.3 Å². The minimum Gasteiger partial charge on any atom is -0.469 e. The summed E-state index contributed by atoms with van der Waals surface area (Å²) < 4.78 is 4.27. The van der Waals surface area contributed by atoms with Crippen LogP contribution in [-0.2, 0) is 9.53 Å². The first kappa shape index (κ1) is 28.1. The van der Waals surface area contributed by atoms with Crippen LogP contribution >= 0.6 is 11.3 Å². The van der Waals surface area contributed by atoms with Gasteiger partial charge in [-0.15, -0.1) is 11.3 Å². The smallest absolute Gasteiger partial charge is 0.469 e. The van der Waals surface area contributed by atoms with Crippen molar-refractivity contribution in [3.05, 3.63) is 49.0 Å². The third-order valence-corrected chi connectivity index (χ3v) is 3.34. The molecule has 1 aromatic carbocycles. The Morgan fingerprint density at radius 3 is 2.17 bits per heavy atom. The Hall–Kier alpha value is 0.332. The van der Waals surface area contributed by atoms with E-state index in [0.717, 1.165) is 5.69 Å². The monoisotopic (exact) mass is 456 g/mol. The average Bonchev–Trinajstić information content (AvgIpc) is 2.97. The van der Waals surface area contributed by atoms with Crippen molar-refractivity contribution in [1.82, 2.24) is 4.98 Å². The van der Waals surface area contributed by atoms with E-state index in [-0.39, 0.29) is 82.3 Å². The molecule has 1 heterocycles. The Bertz CT molecular complexity index is 504. The van der Waals surface area contributed by atoms with Crippen molar-refractivity contribution in [1.29, 1.82) is 0 Å². The second-order valence-electron chi connectivity index (χ2n) is 3.75. The molecule has 1 aromatic heterocycles. The Labute approximate surface area is 203 Å². The van der Waals surface area contributed by atoms with Crippen LogP contribution in [0.4, 0.5) is 0 Å². The summed E-state index contributed by atoms with van der Waals surface area (Å²) in [6.07, 6.45) is 0.316. The molecule has 2 aromatic rings. The second-order valence-corrected chi connectivity index (χ2v) is 4.60. The van der Waals surface area contributed by atoms with Crippen LogP contribution in [0.2, 0.25) is 0 Å². The first-order chi connectivity index (χ1) is 10.2. The predicted molar refractivity (Wildman–Crippen MR) is 95.7 cm³/mol. The molecule has 0 bridgehead atoms. The van der Waals surface area contributed by atoms with Gasteiger partial charge >= 0.3 is 74.9 Å². The molecule has 0 aliphatic heterocycles. The summed E-state index contributed by atoms with van der Waals surface area (Å²) in [4.78, 5) is 15.6. The number of aryl methyl sites for hydroxylation is 1. The van der Waals surface area contributed by atoms with Crippen molar-refractivity contribution in [2.24, 2.45) is 5.73 Å². The van der Waals surface area contributed by atoms with Gasteiger partial charge < -0.3 is 17.9 Å². The molecule has 4 nitrogen and oxygen atoms in total. The third-order valence-electron chi connectivity index (χ3n) is 2.36. The first-order valence-electron chi connectivity index (χ1n) is 6.91. The van der Waals surface area contributed by atoms with Gasteiger partial charge in [-0.3, -0.25) is 4.79 Å². The summed E-state index contributed by atoms with van der Waals surface area (Å²) in [5.41, 5.74) is 9.27. The van der Waals surface area contributed by atoms with Crippen molar-refractivity contribution >= 4 is 17.3 Å². The maximum absolute atomic E-state index is 10.1. The number of nitrogens with zero attached hydrogens (tertiary/aromatic N) is 1. The molecule has 0 aliphatic carbocycles. The standard InChI is InChI=1S/C10H9NS.C4H9NO2.C2H6.CH3.Cs/c1-8-10(12-7-11-8)9-5-3-2-4-6-9;1-7-4(6)2-3-5;1-2;;/h2-7H,1H3;2-3,5H2,1H3;1-2H3;1H3;/q;;;-1;+1. The minimum absolute atomic E-state index is 0. The molecule has 0 saturated carbocycles. The van der Waals surface area contributed by atoms with E-state index < -0.39 is 0 Å². The number of hydrogen-bond acceptors (Lipinski definition) is 5. The molecule has 0 unspecified atom stereocenters. The first-order valence-corrected chi connectivity index (χ1v) is 7.79.